The summed E-state index contributed by atoms with van der Waals surface area (Å²) in [7, 11) is 1.54. The van der Waals surface area contributed by atoms with Gasteiger partial charge >= 0.3 is 0 Å². The van der Waals surface area contributed by atoms with Gasteiger partial charge < -0.3 is 14.8 Å². The van der Waals surface area contributed by atoms with Crippen molar-refractivity contribution >= 4 is 46.4 Å². The van der Waals surface area contributed by atoms with Gasteiger partial charge in [0.15, 0.2) is 6.61 Å². The highest BCUT2D eigenvalue weighted by atomic mass is 35.5. The molecule has 7 nitrogen and oxygen atoms in total. The van der Waals surface area contributed by atoms with Crippen molar-refractivity contribution in [3.8, 4) is 11.5 Å². The summed E-state index contributed by atoms with van der Waals surface area (Å²) < 4.78 is 10.4. The predicted octanol–water partition coefficient (Wildman–Crippen LogP) is 3.90. The maximum atomic E-state index is 12.1. The fourth-order valence-corrected chi connectivity index (χ4v) is 2.43. The van der Waals surface area contributed by atoms with Crippen molar-refractivity contribution in [2.45, 2.75) is 13.3 Å². The average molecular weight is 424 g/mol. The van der Waals surface area contributed by atoms with E-state index in [1.54, 1.807) is 56.5 Å². The first-order valence-electron chi connectivity index (χ1n) is 8.21. The van der Waals surface area contributed by atoms with Crippen LogP contribution in [-0.2, 0) is 9.59 Å². The smallest absolute Gasteiger partial charge is 0.277 e. The normalized spacial score (nSPS) is 10.9. The highest BCUT2D eigenvalue weighted by molar-refractivity contribution is 6.35. The Morgan fingerprint density at radius 2 is 1.82 bits per heavy atom. The monoisotopic (exact) mass is 423 g/mol. The third kappa shape index (κ3) is 7.09. The van der Waals surface area contributed by atoms with Gasteiger partial charge in [0, 0.05) is 16.8 Å². The molecule has 0 fully saturated rings. The second kappa shape index (κ2) is 10.5. The first kappa shape index (κ1) is 21.5. The molecule has 2 aromatic rings. The molecule has 0 bridgehead atoms. The number of halogens is 2. The third-order valence-electron chi connectivity index (χ3n) is 3.40. The van der Waals surface area contributed by atoms with E-state index >= 15 is 0 Å². The Bertz CT molecular complexity index is 887. The maximum Gasteiger partial charge on any atom is 0.277 e. The Morgan fingerprint density at radius 1 is 1.07 bits per heavy atom. The minimum Gasteiger partial charge on any atom is -0.497 e. The highest BCUT2D eigenvalue weighted by Crippen LogP contribution is 2.25. The molecule has 0 heterocycles. The molecule has 2 rings (SSSR count). The van der Waals surface area contributed by atoms with Gasteiger partial charge in [0.1, 0.15) is 11.5 Å². The maximum absolute atomic E-state index is 12.1. The third-order valence-corrected chi connectivity index (χ3v) is 3.97. The molecule has 0 saturated heterocycles. The SMILES string of the molecule is COc1cccc(OCC(=O)N/N=C(\C)CC(=O)Nc2cc(Cl)ccc2Cl)c1. The molecule has 9 heteroatoms. The van der Waals surface area contributed by atoms with E-state index in [2.05, 4.69) is 15.8 Å². The molecule has 0 aromatic heterocycles. The predicted molar refractivity (Wildman–Crippen MR) is 109 cm³/mol. The van der Waals surface area contributed by atoms with Crippen molar-refractivity contribution in [1.29, 1.82) is 0 Å². The van der Waals surface area contributed by atoms with Crippen LogP contribution in [0.25, 0.3) is 0 Å². The lowest BCUT2D eigenvalue weighted by Gasteiger charge is -2.08. The van der Waals surface area contributed by atoms with Crippen LogP contribution in [-0.4, -0.2) is 31.2 Å². The van der Waals surface area contributed by atoms with Crippen LogP contribution in [0.4, 0.5) is 5.69 Å². The van der Waals surface area contributed by atoms with Crippen molar-refractivity contribution in [2.75, 3.05) is 19.0 Å². The number of anilines is 1. The molecule has 0 atom stereocenters. The Balaban J connectivity index is 1.80. The van der Waals surface area contributed by atoms with Gasteiger partial charge in [0.05, 0.1) is 24.2 Å². The number of amides is 2. The first-order chi connectivity index (χ1) is 13.4. The van der Waals surface area contributed by atoms with Gasteiger partial charge in [0.25, 0.3) is 5.91 Å². The van der Waals surface area contributed by atoms with E-state index in [0.29, 0.717) is 32.9 Å². The number of hydrogen-bond acceptors (Lipinski definition) is 5. The quantitative estimate of drug-likeness (QED) is 0.497. The van der Waals surface area contributed by atoms with Gasteiger partial charge in [-0.25, -0.2) is 5.43 Å². The van der Waals surface area contributed by atoms with Crippen LogP contribution >= 0.6 is 23.2 Å². The number of carbonyl (C=O) groups excluding carboxylic acids is 2. The van der Waals surface area contributed by atoms with E-state index in [1.807, 2.05) is 0 Å². The summed E-state index contributed by atoms with van der Waals surface area (Å²) >= 11 is 11.9. The lowest BCUT2D eigenvalue weighted by molar-refractivity contribution is -0.123. The van der Waals surface area contributed by atoms with Gasteiger partial charge in [-0.1, -0.05) is 29.3 Å². The molecule has 0 aliphatic carbocycles. The number of ether oxygens (including phenoxy) is 2. The van der Waals surface area contributed by atoms with Crippen LogP contribution in [0.2, 0.25) is 10.0 Å². The van der Waals surface area contributed by atoms with Gasteiger partial charge in [-0.15, -0.1) is 0 Å². The molecule has 2 aromatic carbocycles. The average Bonchev–Trinajstić information content (AvgIpc) is 2.67. The van der Waals surface area contributed by atoms with Crippen LogP contribution < -0.4 is 20.2 Å². The van der Waals surface area contributed by atoms with E-state index < -0.39 is 5.91 Å². The zero-order valence-corrected chi connectivity index (χ0v) is 16.8. The second-order valence-corrected chi connectivity index (χ2v) is 6.54. The fourth-order valence-electron chi connectivity index (χ4n) is 2.09. The van der Waals surface area contributed by atoms with Crippen LogP contribution in [0.1, 0.15) is 13.3 Å². The Morgan fingerprint density at radius 3 is 2.57 bits per heavy atom. The number of hydrogen-bond donors (Lipinski definition) is 2. The van der Waals surface area contributed by atoms with E-state index in [9.17, 15) is 9.59 Å². The van der Waals surface area contributed by atoms with Crippen molar-refractivity contribution in [1.82, 2.24) is 5.43 Å². The molecular weight excluding hydrogens is 405 g/mol. The molecule has 2 N–H and O–H groups in total. The standard InChI is InChI=1S/C19H19Cl2N3O4/c1-12(8-18(25)22-17-9-13(20)6-7-16(17)21)23-24-19(26)11-28-15-5-3-4-14(10-15)27-2/h3-7,9-10H,8,11H2,1-2H3,(H,22,25)(H,24,26)/b23-12+. The molecule has 2 amide bonds. The Hall–Kier alpha value is -2.77. The first-order valence-corrected chi connectivity index (χ1v) is 8.96. The largest absolute Gasteiger partial charge is 0.497 e. The molecule has 148 valence electrons. The van der Waals surface area contributed by atoms with Gasteiger partial charge in [-0.3, -0.25) is 9.59 Å². The second-order valence-electron chi connectivity index (χ2n) is 5.70. The number of nitrogens with zero attached hydrogens (tertiary/aromatic N) is 1. The van der Waals surface area contributed by atoms with E-state index in [4.69, 9.17) is 32.7 Å². The molecule has 0 aliphatic heterocycles. The van der Waals surface area contributed by atoms with E-state index in [1.165, 1.54) is 0 Å². The van der Waals surface area contributed by atoms with Gasteiger partial charge in [0.2, 0.25) is 5.91 Å². The number of benzene rings is 2. The fraction of sp³-hybridized carbons (Fsp3) is 0.211. The van der Waals surface area contributed by atoms with Crippen molar-refractivity contribution < 1.29 is 19.1 Å². The molecule has 0 unspecified atom stereocenters. The number of rotatable bonds is 8. The van der Waals surface area contributed by atoms with E-state index in [0.717, 1.165) is 0 Å². The topological polar surface area (TPSA) is 89.0 Å². The lowest BCUT2D eigenvalue weighted by Crippen LogP contribution is -2.26. The minimum atomic E-state index is -0.458. The highest BCUT2D eigenvalue weighted by Gasteiger charge is 2.09. The van der Waals surface area contributed by atoms with Crippen LogP contribution in [0.15, 0.2) is 47.6 Å². The molecule has 0 saturated carbocycles. The summed E-state index contributed by atoms with van der Waals surface area (Å²) in [6, 6.07) is 11.6. The summed E-state index contributed by atoms with van der Waals surface area (Å²) in [5.74, 6) is 0.318. The Kier molecular flexibility index (Phi) is 8.10. The van der Waals surface area contributed by atoms with Crippen LogP contribution in [0, 0.1) is 0 Å². The summed E-state index contributed by atoms with van der Waals surface area (Å²) in [6.07, 6.45) is -0.0279. The molecule has 0 spiro atoms. The van der Waals surface area contributed by atoms with E-state index in [-0.39, 0.29) is 18.9 Å². The van der Waals surface area contributed by atoms with Gasteiger partial charge in [-0.2, -0.15) is 5.10 Å². The Labute approximate surface area is 172 Å². The van der Waals surface area contributed by atoms with Crippen LogP contribution in [0.5, 0.6) is 11.5 Å². The summed E-state index contributed by atoms with van der Waals surface area (Å²) in [4.78, 5) is 23.9. The number of methoxy groups -OCH3 is 1. The molecule has 0 radical (unpaired) electrons. The van der Waals surface area contributed by atoms with Crippen molar-refractivity contribution in [3.05, 3.63) is 52.5 Å². The van der Waals surface area contributed by atoms with Crippen molar-refractivity contribution in [2.24, 2.45) is 5.10 Å². The number of nitrogens with one attached hydrogen (secondary N) is 2. The summed E-state index contributed by atoms with van der Waals surface area (Å²) in [5, 5.41) is 7.35. The molecule has 28 heavy (non-hydrogen) atoms. The van der Waals surface area contributed by atoms with Crippen molar-refractivity contribution in [3.63, 3.8) is 0 Å². The lowest BCUT2D eigenvalue weighted by atomic mass is 10.2. The zero-order chi connectivity index (χ0) is 20.5. The minimum absolute atomic E-state index is 0.0279. The summed E-state index contributed by atoms with van der Waals surface area (Å²) in [5.41, 5.74) is 3.15. The summed E-state index contributed by atoms with van der Waals surface area (Å²) in [6.45, 7) is 1.39. The molecular formula is C19H19Cl2N3O4. The van der Waals surface area contributed by atoms with Crippen LogP contribution in [0.3, 0.4) is 0 Å². The zero-order valence-electron chi connectivity index (χ0n) is 15.3. The number of carbonyl (C=O) groups is 2. The van der Waals surface area contributed by atoms with Gasteiger partial charge in [-0.05, 0) is 37.3 Å². The number of hydrazone groups is 1. The molecule has 0 aliphatic rings.